The number of halogens is 2. The van der Waals surface area contributed by atoms with Gasteiger partial charge in [-0.05, 0) is 49.1 Å². The van der Waals surface area contributed by atoms with E-state index in [9.17, 15) is 4.39 Å². The first kappa shape index (κ1) is 14.4. The first-order valence-corrected chi connectivity index (χ1v) is 7.70. The Morgan fingerprint density at radius 2 is 2.14 bits per heavy atom. The molecule has 0 unspecified atom stereocenters. The minimum Gasteiger partial charge on any atom is -0.435 e. The quantitative estimate of drug-likeness (QED) is 0.836. The van der Waals surface area contributed by atoms with Crippen molar-refractivity contribution in [2.24, 2.45) is 5.73 Å². The first-order valence-electron chi connectivity index (χ1n) is 6.50. The van der Waals surface area contributed by atoms with Gasteiger partial charge in [-0.25, -0.2) is 9.37 Å². The molecule has 1 heterocycles. The summed E-state index contributed by atoms with van der Waals surface area (Å²) in [7, 11) is 0. The largest absolute Gasteiger partial charge is 0.435 e. The fourth-order valence-corrected chi connectivity index (χ4v) is 2.85. The summed E-state index contributed by atoms with van der Waals surface area (Å²) in [5.41, 5.74) is 8.40. The number of benzene rings is 1. The molecule has 1 aliphatic rings. The van der Waals surface area contributed by atoms with E-state index in [0.29, 0.717) is 5.56 Å². The summed E-state index contributed by atoms with van der Waals surface area (Å²) >= 11 is 8.34. The van der Waals surface area contributed by atoms with E-state index in [1.807, 2.05) is 6.07 Å². The van der Waals surface area contributed by atoms with Crippen LogP contribution in [0.2, 0.25) is 0 Å². The van der Waals surface area contributed by atoms with Crippen LogP contribution in [-0.2, 0) is 12.8 Å². The van der Waals surface area contributed by atoms with Crippen molar-refractivity contribution in [3.63, 3.8) is 0 Å². The number of aryl methyl sites for hydroxylation is 2. The number of nitrogens with two attached hydrogens (primary N) is 1. The molecular weight excluding hydrogens is 355 g/mol. The molecule has 1 aliphatic carbocycles. The third-order valence-electron chi connectivity index (χ3n) is 3.38. The van der Waals surface area contributed by atoms with Crippen LogP contribution in [0.3, 0.4) is 0 Å². The molecular formula is C15H12BrFN2OS. The molecule has 0 fully saturated rings. The van der Waals surface area contributed by atoms with Gasteiger partial charge in [0, 0.05) is 10.2 Å². The minimum absolute atomic E-state index is 0.0901. The molecule has 1 aromatic carbocycles. The molecule has 2 N–H and O–H groups in total. The van der Waals surface area contributed by atoms with E-state index in [0.717, 1.165) is 35.0 Å². The number of thiocarbonyl (C=S) groups is 1. The van der Waals surface area contributed by atoms with Crippen molar-refractivity contribution >= 4 is 33.1 Å². The van der Waals surface area contributed by atoms with Gasteiger partial charge in [0.1, 0.15) is 4.99 Å². The second-order valence-corrected chi connectivity index (χ2v) is 6.20. The predicted octanol–water partition coefficient (Wildman–Crippen LogP) is 3.90. The fraction of sp³-hybridized carbons (Fsp3) is 0.200. The molecule has 0 aliphatic heterocycles. The number of hydrogen-bond acceptors (Lipinski definition) is 3. The smallest absolute Gasteiger partial charge is 0.229 e. The summed E-state index contributed by atoms with van der Waals surface area (Å²) in [5.74, 6) is -0.109. The zero-order valence-electron chi connectivity index (χ0n) is 11.0. The lowest BCUT2D eigenvalue weighted by molar-refractivity contribution is 0.425. The van der Waals surface area contributed by atoms with Crippen LogP contribution in [0.5, 0.6) is 11.6 Å². The van der Waals surface area contributed by atoms with Gasteiger partial charge in [0.15, 0.2) is 11.6 Å². The molecule has 6 heteroatoms. The Balaban J connectivity index is 2.05. The lowest BCUT2D eigenvalue weighted by Gasteiger charge is -2.12. The van der Waals surface area contributed by atoms with Gasteiger partial charge in [-0.1, -0.05) is 28.1 Å². The summed E-state index contributed by atoms with van der Waals surface area (Å²) in [6, 6.07) is 6.39. The van der Waals surface area contributed by atoms with Gasteiger partial charge < -0.3 is 10.5 Å². The lowest BCUT2D eigenvalue weighted by atomic mass is 10.1. The van der Waals surface area contributed by atoms with Gasteiger partial charge in [-0.15, -0.1) is 0 Å². The van der Waals surface area contributed by atoms with Crippen molar-refractivity contribution in [1.82, 2.24) is 4.98 Å². The lowest BCUT2D eigenvalue weighted by Crippen LogP contribution is -2.13. The molecule has 2 aromatic rings. The standard InChI is InChI=1S/C15H12BrFN2OS/c16-9-4-5-11(17)13(7-9)20-15-10(14(18)21)6-8-2-1-3-12(8)19-15/h4-7H,1-3H2,(H2,18,21). The van der Waals surface area contributed by atoms with Crippen molar-refractivity contribution in [2.45, 2.75) is 19.3 Å². The normalized spacial score (nSPS) is 13.0. The van der Waals surface area contributed by atoms with Crippen LogP contribution in [0.25, 0.3) is 0 Å². The third kappa shape index (κ3) is 2.91. The summed E-state index contributed by atoms with van der Waals surface area (Å²) in [6.07, 6.45) is 2.90. The molecule has 3 rings (SSSR count). The van der Waals surface area contributed by atoms with Crippen molar-refractivity contribution in [1.29, 1.82) is 0 Å². The van der Waals surface area contributed by atoms with Crippen LogP contribution >= 0.6 is 28.1 Å². The average Bonchev–Trinajstić information content (AvgIpc) is 2.89. The van der Waals surface area contributed by atoms with E-state index in [4.69, 9.17) is 22.7 Å². The second kappa shape index (κ2) is 5.69. The van der Waals surface area contributed by atoms with E-state index in [2.05, 4.69) is 20.9 Å². The maximum absolute atomic E-state index is 13.8. The minimum atomic E-state index is -0.464. The summed E-state index contributed by atoms with van der Waals surface area (Å²) in [6.45, 7) is 0. The third-order valence-corrected chi connectivity index (χ3v) is 4.09. The Hall–Kier alpha value is -1.53. The fourth-order valence-electron chi connectivity index (χ4n) is 2.37. The van der Waals surface area contributed by atoms with Crippen LogP contribution in [-0.4, -0.2) is 9.97 Å². The number of fused-ring (bicyclic) bond motifs is 1. The predicted molar refractivity (Wildman–Crippen MR) is 86.3 cm³/mol. The summed E-state index contributed by atoms with van der Waals surface area (Å²) < 4.78 is 20.2. The van der Waals surface area contributed by atoms with Crippen LogP contribution in [0, 0.1) is 5.82 Å². The number of aromatic nitrogens is 1. The highest BCUT2D eigenvalue weighted by atomic mass is 79.9. The van der Waals surface area contributed by atoms with E-state index in [-0.39, 0.29) is 16.6 Å². The van der Waals surface area contributed by atoms with Crippen molar-refractivity contribution in [2.75, 3.05) is 0 Å². The van der Waals surface area contributed by atoms with Gasteiger partial charge in [0.05, 0.1) is 5.56 Å². The molecule has 21 heavy (non-hydrogen) atoms. The number of hydrogen-bond donors (Lipinski definition) is 1. The highest BCUT2D eigenvalue weighted by Gasteiger charge is 2.20. The van der Waals surface area contributed by atoms with E-state index in [1.54, 1.807) is 12.1 Å². The highest BCUT2D eigenvalue weighted by molar-refractivity contribution is 9.10. The van der Waals surface area contributed by atoms with Gasteiger partial charge in [-0.2, -0.15) is 0 Å². The molecule has 0 bridgehead atoms. The Morgan fingerprint density at radius 1 is 1.33 bits per heavy atom. The zero-order valence-corrected chi connectivity index (χ0v) is 13.4. The summed E-state index contributed by atoms with van der Waals surface area (Å²) in [4.78, 5) is 4.67. The van der Waals surface area contributed by atoms with Crippen molar-refractivity contribution in [3.8, 4) is 11.6 Å². The van der Waals surface area contributed by atoms with Crippen LogP contribution in [0.1, 0.15) is 23.2 Å². The van der Waals surface area contributed by atoms with Gasteiger partial charge in [-0.3, -0.25) is 0 Å². The molecule has 0 radical (unpaired) electrons. The Labute approximate surface area is 135 Å². The van der Waals surface area contributed by atoms with Crippen molar-refractivity contribution in [3.05, 3.63) is 51.4 Å². The van der Waals surface area contributed by atoms with Crippen LogP contribution in [0.15, 0.2) is 28.7 Å². The SMILES string of the molecule is NC(=S)c1cc2c(nc1Oc1cc(Br)ccc1F)CCC2. The number of rotatable bonds is 3. The zero-order chi connectivity index (χ0) is 15.0. The Morgan fingerprint density at radius 3 is 2.90 bits per heavy atom. The first-order chi connectivity index (χ1) is 10.0. The molecule has 0 atom stereocenters. The topological polar surface area (TPSA) is 48.1 Å². The molecule has 0 saturated heterocycles. The Kier molecular flexibility index (Phi) is 3.91. The van der Waals surface area contributed by atoms with E-state index < -0.39 is 5.82 Å². The van der Waals surface area contributed by atoms with E-state index >= 15 is 0 Å². The maximum atomic E-state index is 13.8. The molecule has 1 aromatic heterocycles. The number of ether oxygens (including phenoxy) is 1. The molecule has 0 saturated carbocycles. The van der Waals surface area contributed by atoms with Crippen molar-refractivity contribution < 1.29 is 9.13 Å². The molecule has 3 nitrogen and oxygen atoms in total. The number of pyridine rings is 1. The highest BCUT2D eigenvalue weighted by Crippen LogP contribution is 2.32. The second-order valence-electron chi connectivity index (χ2n) is 4.84. The van der Waals surface area contributed by atoms with Crippen LogP contribution < -0.4 is 10.5 Å². The molecule has 0 amide bonds. The Bertz CT molecular complexity index is 736. The van der Waals surface area contributed by atoms with Crippen LogP contribution in [0.4, 0.5) is 4.39 Å². The maximum Gasteiger partial charge on any atom is 0.229 e. The average molecular weight is 367 g/mol. The monoisotopic (exact) mass is 366 g/mol. The molecule has 0 spiro atoms. The number of nitrogens with zero attached hydrogens (tertiary/aromatic N) is 1. The van der Waals surface area contributed by atoms with Gasteiger partial charge in [0.25, 0.3) is 0 Å². The summed E-state index contributed by atoms with van der Waals surface area (Å²) in [5, 5.41) is 0. The molecule has 108 valence electrons. The van der Waals surface area contributed by atoms with E-state index in [1.165, 1.54) is 6.07 Å². The van der Waals surface area contributed by atoms with Gasteiger partial charge >= 0.3 is 0 Å². The van der Waals surface area contributed by atoms with Gasteiger partial charge in [0.2, 0.25) is 5.88 Å².